The van der Waals surface area contributed by atoms with Gasteiger partial charge in [0.25, 0.3) is 0 Å². The summed E-state index contributed by atoms with van der Waals surface area (Å²) in [4.78, 5) is 11.7. The monoisotopic (exact) mass is 217 g/mol. The van der Waals surface area contributed by atoms with E-state index in [0.29, 0.717) is 12.2 Å². The average Bonchev–Trinajstić information content (AvgIpc) is 2.56. The molecule has 0 saturated heterocycles. The fourth-order valence-electron chi connectivity index (χ4n) is 1.84. The topological polar surface area (TPSA) is 30.7 Å². The highest BCUT2D eigenvalue weighted by atomic mass is 16.5. The fraction of sp³-hybridized carbons (Fsp3) is 0.308. The first-order valence-electron chi connectivity index (χ1n) is 5.39. The van der Waals surface area contributed by atoms with Crippen molar-refractivity contribution in [3.8, 4) is 0 Å². The van der Waals surface area contributed by atoms with E-state index >= 15 is 0 Å². The molecule has 0 fully saturated rings. The second kappa shape index (κ2) is 4.00. The van der Waals surface area contributed by atoms with Crippen molar-refractivity contribution in [1.82, 2.24) is 4.40 Å². The average molecular weight is 217 g/mol. The number of pyridine rings is 1. The Morgan fingerprint density at radius 1 is 1.38 bits per heavy atom. The molecule has 0 bridgehead atoms. The highest BCUT2D eigenvalue weighted by Crippen LogP contribution is 2.18. The summed E-state index contributed by atoms with van der Waals surface area (Å²) in [7, 11) is 0. The van der Waals surface area contributed by atoms with Gasteiger partial charge in [0.05, 0.1) is 17.7 Å². The van der Waals surface area contributed by atoms with Crippen LogP contribution in [0.4, 0.5) is 0 Å². The lowest BCUT2D eigenvalue weighted by Gasteiger charge is -2.02. The Labute approximate surface area is 94.6 Å². The molecule has 0 radical (unpaired) electrons. The van der Waals surface area contributed by atoms with Crippen molar-refractivity contribution in [2.45, 2.75) is 20.8 Å². The largest absolute Gasteiger partial charge is 0.462 e. The smallest absolute Gasteiger partial charge is 0.340 e. The summed E-state index contributed by atoms with van der Waals surface area (Å²) in [6, 6.07) is 5.82. The van der Waals surface area contributed by atoms with Crippen LogP contribution < -0.4 is 0 Å². The van der Waals surface area contributed by atoms with Crippen LogP contribution >= 0.6 is 0 Å². The maximum atomic E-state index is 11.7. The van der Waals surface area contributed by atoms with E-state index in [2.05, 4.69) is 0 Å². The number of carbonyl (C=O) groups is 1. The van der Waals surface area contributed by atoms with E-state index in [1.165, 1.54) is 5.56 Å². The Balaban J connectivity index is 2.59. The molecule has 0 saturated carbocycles. The van der Waals surface area contributed by atoms with Crippen LogP contribution in [0.1, 0.15) is 28.5 Å². The molecule has 0 aliphatic carbocycles. The summed E-state index contributed by atoms with van der Waals surface area (Å²) in [6.07, 6.45) is 2.02. The standard InChI is InChI=1S/C13H15NO2/c1-4-16-13(15)11-7-10(3)14-8-9(2)5-6-12(11)14/h5-8H,4H2,1-3H3. The van der Waals surface area contributed by atoms with Gasteiger partial charge in [-0.1, -0.05) is 6.07 Å². The Hall–Kier alpha value is -1.77. The molecule has 0 unspecified atom stereocenters. The van der Waals surface area contributed by atoms with Gasteiger partial charge in [0, 0.05) is 11.9 Å². The molecule has 0 aromatic carbocycles. The van der Waals surface area contributed by atoms with Gasteiger partial charge in [0.1, 0.15) is 0 Å². The molecule has 2 heterocycles. The number of carbonyl (C=O) groups excluding carboxylic acids is 1. The van der Waals surface area contributed by atoms with Crippen LogP contribution in [0.25, 0.3) is 5.52 Å². The predicted octanol–water partition coefficient (Wildman–Crippen LogP) is 2.73. The summed E-state index contributed by atoms with van der Waals surface area (Å²) >= 11 is 0. The van der Waals surface area contributed by atoms with E-state index in [1.54, 1.807) is 0 Å². The van der Waals surface area contributed by atoms with E-state index in [0.717, 1.165) is 11.2 Å². The molecule has 3 heteroatoms. The summed E-state index contributed by atoms with van der Waals surface area (Å²) in [5.74, 6) is -0.253. The van der Waals surface area contributed by atoms with Crippen molar-refractivity contribution < 1.29 is 9.53 Å². The van der Waals surface area contributed by atoms with E-state index in [9.17, 15) is 4.79 Å². The first-order chi connectivity index (χ1) is 7.63. The molecule has 0 amide bonds. The molecule has 84 valence electrons. The van der Waals surface area contributed by atoms with E-state index in [-0.39, 0.29) is 5.97 Å². The molecule has 0 spiro atoms. The number of nitrogens with zero attached hydrogens (tertiary/aromatic N) is 1. The van der Waals surface area contributed by atoms with Gasteiger partial charge < -0.3 is 9.14 Å². The summed E-state index contributed by atoms with van der Waals surface area (Å²) in [5, 5.41) is 0. The summed E-state index contributed by atoms with van der Waals surface area (Å²) in [5.41, 5.74) is 3.75. The van der Waals surface area contributed by atoms with Crippen molar-refractivity contribution in [3.05, 3.63) is 41.2 Å². The Morgan fingerprint density at radius 2 is 2.12 bits per heavy atom. The third kappa shape index (κ3) is 1.69. The van der Waals surface area contributed by atoms with Crippen molar-refractivity contribution >= 4 is 11.5 Å². The lowest BCUT2D eigenvalue weighted by atomic mass is 10.2. The highest BCUT2D eigenvalue weighted by molar-refractivity contribution is 5.97. The van der Waals surface area contributed by atoms with Crippen LogP contribution in [0.3, 0.4) is 0 Å². The molecule has 2 aromatic heterocycles. The van der Waals surface area contributed by atoms with Crippen LogP contribution in [0.2, 0.25) is 0 Å². The van der Waals surface area contributed by atoms with Crippen molar-refractivity contribution in [2.24, 2.45) is 0 Å². The first-order valence-corrected chi connectivity index (χ1v) is 5.39. The Bertz CT molecular complexity index is 540. The minimum absolute atomic E-state index is 0.253. The number of fused-ring (bicyclic) bond motifs is 1. The molecule has 2 aromatic rings. The van der Waals surface area contributed by atoms with E-state index in [4.69, 9.17) is 4.74 Å². The maximum Gasteiger partial charge on any atom is 0.340 e. The number of ether oxygens (including phenoxy) is 1. The zero-order chi connectivity index (χ0) is 11.7. The second-order valence-electron chi connectivity index (χ2n) is 3.88. The minimum atomic E-state index is -0.253. The van der Waals surface area contributed by atoms with E-state index in [1.807, 2.05) is 49.6 Å². The van der Waals surface area contributed by atoms with Crippen molar-refractivity contribution in [3.63, 3.8) is 0 Å². The third-order valence-electron chi connectivity index (χ3n) is 2.60. The summed E-state index contributed by atoms with van der Waals surface area (Å²) in [6.45, 7) is 6.23. The third-order valence-corrected chi connectivity index (χ3v) is 2.60. The van der Waals surface area contributed by atoms with Gasteiger partial charge in [-0.15, -0.1) is 0 Å². The second-order valence-corrected chi connectivity index (χ2v) is 3.88. The number of esters is 1. The van der Waals surface area contributed by atoms with Gasteiger partial charge in [-0.05, 0) is 38.5 Å². The van der Waals surface area contributed by atoms with Gasteiger partial charge in [0.2, 0.25) is 0 Å². The predicted molar refractivity (Wildman–Crippen MR) is 62.8 cm³/mol. The number of aromatic nitrogens is 1. The maximum absolute atomic E-state index is 11.7. The van der Waals surface area contributed by atoms with Crippen molar-refractivity contribution in [1.29, 1.82) is 0 Å². The number of rotatable bonds is 2. The number of aryl methyl sites for hydroxylation is 2. The van der Waals surface area contributed by atoms with Crippen LogP contribution in [0, 0.1) is 13.8 Å². The SMILES string of the molecule is CCOC(=O)c1cc(C)n2cc(C)ccc12. The van der Waals surface area contributed by atoms with Crippen LogP contribution in [0.5, 0.6) is 0 Å². The van der Waals surface area contributed by atoms with Crippen LogP contribution in [-0.4, -0.2) is 17.0 Å². The molecule has 0 atom stereocenters. The fourth-order valence-corrected chi connectivity index (χ4v) is 1.84. The van der Waals surface area contributed by atoms with Gasteiger partial charge in [-0.2, -0.15) is 0 Å². The number of hydrogen-bond donors (Lipinski definition) is 0. The molecular formula is C13H15NO2. The van der Waals surface area contributed by atoms with Gasteiger partial charge in [-0.3, -0.25) is 0 Å². The number of hydrogen-bond acceptors (Lipinski definition) is 2. The van der Waals surface area contributed by atoms with E-state index < -0.39 is 0 Å². The molecule has 0 aliphatic heterocycles. The molecule has 0 N–H and O–H groups in total. The molecular weight excluding hydrogens is 202 g/mol. The highest BCUT2D eigenvalue weighted by Gasteiger charge is 2.14. The normalized spacial score (nSPS) is 10.7. The molecule has 2 rings (SSSR count). The zero-order valence-corrected chi connectivity index (χ0v) is 9.78. The molecule has 0 aliphatic rings. The Morgan fingerprint density at radius 3 is 2.81 bits per heavy atom. The zero-order valence-electron chi connectivity index (χ0n) is 9.78. The Kier molecular flexibility index (Phi) is 2.69. The van der Waals surface area contributed by atoms with Crippen LogP contribution in [0.15, 0.2) is 24.4 Å². The van der Waals surface area contributed by atoms with Gasteiger partial charge >= 0.3 is 5.97 Å². The first kappa shape index (κ1) is 10.7. The quantitative estimate of drug-likeness (QED) is 0.724. The van der Waals surface area contributed by atoms with Gasteiger partial charge in [-0.25, -0.2) is 4.79 Å². The summed E-state index contributed by atoms with van der Waals surface area (Å²) < 4.78 is 7.04. The molecule has 16 heavy (non-hydrogen) atoms. The van der Waals surface area contributed by atoms with Crippen molar-refractivity contribution in [2.75, 3.05) is 6.61 Å². The van der Waals surface area contributed by atoms with Crippen LogP contribution in [-0.2, 0) is 4.74 Å². The molecule has 3 nitrogen and oxygen atoms in total. The van der Waals surface area contributed by atoms with Gasteiger partial charge in [0.15, 0.2) is 0 Å². The minimum Gasteiger partial charge on any atom is -0.462 e. The lowest BCUT2D eigenvalue weighted by Crippen LogP contribution is -2.03. The lowest BCUT2D eigenvalue weighted by molar-refractivity contribution is 0.0529.